The lowest BCUT2D eigenvalue weighted by Crippen LogP contribution is -2.49. The number of nitrogen functional groups attached to an aromatic ring is 1. The van der Waals surface area contributed by atoms with E-state index in [4.69, 9.17) is 10.5 Å². The molecule has 1 fully saturated rings. The fraction of sp³-hybridized carbons (Fsp3) is 0.692. The summed E-state index contributed by atoms with van der Waals surface area (Å²) in [5.41, 5.74) is 5.64. The zero-order chi connectivity index (χ0) is 15.1. The predicted octanol–water partition coefficient (Wildman–Crippen LogP) is -0.394. The Bertz CT molecular complexity index is 446. The number of carbonyl (C=O) groups excluding carboxylic acids is 1. The van der Waals surface area contributed by atoms with Crippen LogP contribution in [0.5, 0.6) is 0 Å². The standard InChI is InChI=1S/C13H23N5O2S/c1-20-7-2-15-12(19)10-18-5-3-17(4-6-18)9-11-8-16-13(14)21-11/h8H,2-7,9-10H2,1H3,(H2,14,16)(H,15,19). The molecule has 1 aliphatic rings. The number of rotatable bonds is 7. The molecule has 0 spiro atoms. The van der Waals surface area contributed by atoms with Gasteiger partial charge in [-0.25, -0.2) is 4.98 Å². The molecular weight excluding hydrogens is 290 g/mol. The first-order chi connectivity index (χ1) is 10.2. The van der Waals surface area contributed by atoms with Crippen molar-refractivity contribution in [3.8, 4) is 0 Å². The van der Waals surface area contributed by atoms with E-state index in [0.29, 0.717) is 24.8 Å². The molecule has 1 saturated heterocycles. The zero-order valence-electron chi connectivity index (χ0n) is 12.4. The molecule has 0 saturated carbocycles. The number of piperazine rings is 1. The largest absolute Gasteiger partial charge is 0.383 e. The first-order valence-corrected chi connectivity index (χ1v) is 7.89. The average molecular weight is 313 g/mol. The highest BCUT2D eigenvalue weighted by Gasteiger charge is 2.19. The molecule has 0 unspecified atom stereocenters. The van der Waals surface area contributed by atoms with Crippen molar-refractivity contribution < 1.29 is 9.53 Å². The van der Waals surface area contributed by atoms with E-state index in [1.165, 1.54) is 16.2 Å². The molecule has 2 rings (SSSR count). The number of nitrogens with one attached hydrogen (secondary N) is 1. The second-order valence-electron chi connectivity index (χ2n) is 5.06. The fourth-order valence-corrected chi connectivity index (χ4v) is 3.00. The van der Waals surface area contributed by atoms with Crippen molar-refractivity contribution in [1.82, 2.24) is 20.1 Å². The van der Waals surface area contributed by atoms with Crippen LogP contribution in [0.1, 0.15) is 4.88 Å². The van der Waals surface area contributed by atoms with Gasteiger partial charge in [0, 0.05) is 57.5 Å². The maximum Gasteiger partial charge on any atom is 0.234 e. The second kappa shape index (κ2) is 8.28. The van der Waals surface area contributed by atoms with Crippen LogP contribution < -0.4 is 11.1 Å². The highest BCUT2D eigenvalue weighted by molar-refractivity contribution is 7.15. The Morgan fingerprint density at radius 1 is 1.43 bits per heavy atom. The summed E-state index contributed by atoms with van der Waals surface area (Å²) < 4.78 is 4.91. The molecule has 1 aromatic heterocycles. The SMILES string of the molecule is COCCNC(=O)CN1CCN(Cc2cnc(N)s2)CC1. The Labute approximate surface area is 129 Å². The van der Waals surface area contributed by atoms with Gasteiger partial charge in [-0.2, -0.15) is 0 Å². The molecule has 7 nitrogen and oxygen atoms in total. The number of anilines is 1. The minimum Gasteiger partial charge on any atom is -0.383 e. The molecule has 1 aliphatic heterocycles. The Hall–Kier alpha value is -1.22. The number of ether oxygens (including phenoxy) is 1. The van der Waals surface area contributed by atoms with Crippen LogP contribution in [0.4, 0.5) is 5.13 Å². The quantitative estimate of drug-likeness (QED) is 0.667. The summed E-state index contributed by atoms with van der Waals surface area (Å²) in [6, 6.07) is 0. The number of carbonyl (C=O) groups is 1. The topological polar surface area (TPSA) is 83.7 Å². The summed E-state index contributed by atoms with van der Waals surface area (Å²) in [6.45, 7) is 6.22. The predicted molar refractivity (Wildman–Crippen MR) is 83.1 cm³/mol. The first kappa shape index (κ1) is 16.2. The van der Waals surface area contributed by atoms with Crippen molar-refractivity contribution >= 4 is 22.4 Å². The highest BCUT2D eigenvalue weighted by Crippen LogP contribution is 2.17. The molecule has 1 amide bonds. The van der Waals surface area contributed by atoms with Crippen molar-refractivity contribution in [3.05, 3.63) is 11.1 Å². The van der Waals surface area contributed by atoms with Gasteiger partial charge in [0.1, 0.15) is 0 Å². The molecule has 3 N–H and O–H groups in total. The minimum atomic E-state index is 0.0655. The van der Waals surface area contributed by atoms with Crippen LogP contribution in [0.2, 0.25) is 0 Å². The third kappa shape index (κ3) is 5.58. The van der Waals surface area contributed by atoms with Crippen molar-refractivity contribution in [2.75, 3.05) is 58.7 Å². The van der Waals surface area contributed by atoms with Gasteiger partial charge < -0.3 is 15.8 Å². The van der Waals surface area contributed by atoms with E-state index in [1.807, 2.05) is 6.20 Å². The molecular formula is C13H23N5O2S. The summed E-state index contributed by atoms with van der Waals surface area (Å²) in [4.78, 5) is 21.5. The average Bonchev–Trinajstić information content (AvgIpc) is 2.87. The summed E-state index contributed by atoms with van der Waals surface area (Å²) in [7, 11) is 1.63. The van der Waals surface area contributed by atoms with Gasteiger partial charge in [0.25, 0.3) is 0 Å². The summed E-state index contributed by atoms with van der Waals surface area (Å²) in [5, 5.41) is 3.47. The number of methoxy groups -OCH3 is 1. The van der Waals surface area contributed by atoms with Crippen LogP contribution >= 0.6 is 11.3 Å². The van der Waals surface area contributed by atoms with Crippen LogP contribution in [0.3, 0.4) is 0 Å². The van der Waals surface area contributed by atoms with Crippen LogP contribution in [0, 0.1) is 0 Å². The van der Waals surface area contributed by atoms with E-state index >= 15 is 0 Å². The van der Waals surface area contributed by atoms with E-state index < -0.39 is 0 Å². The summed E-state index contributed by atoms with van der Waals surface area (Å²) >= 11 is 1.54. The monoisotopic (exact) mass is 313 g/mol. The lowest BCUT2D eigenvalue weighted by Gasteiger charge is -2.33. The Morgan fingerprint density at radius 2 is 2.14 bits per heavy atom. The van der Waals surface area contributed by atoms with Crippen LogP contribution in [0.25, 0.3) is 0 Å². The number of hydrogen-bond donors (Lipinski definition) is 2. The van der Waals surface area contributed by atoms with Gasteiger partial charge in [0.15, 0.2) is 5.13 Å². The normalized spacial score (nSPS) is 17.0. The number of hydrogen-bond acceptors (Lipinski definition) is 7. The van der Waals surface area contributed by atoms with Crippen molar-refractivity contribution in [2.45, 2.75) is 6.54 Å². The number of thiazole rings is 1. The molecule has 21 heavy (non-hydrogen) atoms. The van der Waals surface area contributed by atoms with Gasteiger partial charge in [-0.3, -0.25) is 14.6 Å². The molecule has 0 atom stereocenters. The van der Waals surface area contributed by atoms with Crippen LogP contribution in [-0.4, -0.2) is 73.7 Å². The Balaban J connectivity index is 1.65. The lowest BCUT2D eigenvalue weighted by atomic mass is 10.3. The van der Waals surface area contributed by atoms with Crippen LogP contribution in [0.15, 0.2) is 6.20 Å². The molecule has 0 radical (unpaired) electrons. The molecule has 1 aromatic rings. The van der Waals surface area contributed by atoms with E-state index in [2.05, 4.69) is 20.1 Å². The smallest absolute Gasteiger partial charge is 0.234 e. The molecule has 2 heterocycles. The van der Waals surface area contributed by atoms with Crippen molar-refractivity contribution in [2.24, 2.45) is 0 Å². The number of amides is 1. The Kier molecular flexibility index (Phi) is 6.37. The molecule has 0 bridgehead atoms. The molecule has 118 valence electrons. The van der Waals surface area contributed by atoms with Crippen molar-refractivity contribution in [3.63, 3.8) is 0 Å². The first-order valence-electron chi connectivity index (χ1n) is 7.08. The zero-order valence-corrected chi connectivity index (χ0v) is 13.2. The van der Waals surface area contributed by atoms with E-state index in [-0.39, 0.29) is 5.91 Å². The maximum absolute atomic E-state index is 11.7. The van der Waals surface area contributed by atoms with Gasteiger partial charge in [-0.15, -0.1) is 11.3 Å². The summed E-state index contributed by atoms with van der Waals surface area (Å²) in [6.07, 6.45) is 1.84. The maximum atomic E-state index is 11.7. The number of nitrogens with two attached hydrogens (primary N) is 1. The lowest BCUT2D eigenvalue weighted by molar-refractivity contribution is -0.122. The molecule has 8 heteroatoms. The molecule has 0 aliphatic carbocycles. The summed E-state index contributed by atoms with van der Waals surface area (Å²) in [5.74, 6) is 0.0655. The van der Waals surface area contributed by atoms with Gasteiger partial charge in [-0.1, -0.05) is 0 Å². The third-order valence-electron chi connectivity index (χ3n) is 3.41. The van der Waals surface area contributed by atoms with Gasteiger partial charge in [0.2, 0.25) is 5.91 Å². The second-order valence-corrected chi connectivity index (χ2v) is 6.21. The third-order valence-corrected chi connectivity index (χ3v) is 4.22. The van der Waals surface area contributed by atoms with E-state index in [1.54, 1.807) is 7.11 Å². The van der Waals surface area contributed by atoms with Gasteiger partial charge >= 0.3 is 0 Å². The van der Waals surface area contributed by atoms with E-state index in [9.17, 15) is 4.79 Å². The van der Waals surface area contributed by atoms with Crippen molar-refractivity contribution in [1.29, 1.82) is 0 Å². The van der Waals surface area contributed by atoms with Gasteiger partial charge in [0.05, 0.1) is 13.2 Å². The number of nitrogens with zero attached hydrogens (tertiary/aromatic N) is 3. The molecule has 0 aromatic carbocycles. The number of aromatic nitrogens is 1. The minimum absolute atomic E-state index is 0.0655. The van der Waals surface area contributed by atoms with Crippen LogP contribution in [-0.2, 0) is 16.1 Å². The van der Waals surface area contributed by atoms with Gasteiger partial charge in [-0.05, 0) is 0 Å². The Morgan fingerprint density at radius 3 is 2.76 bits per heavy atom. The highest BCUT2D eigenvalue weighted by atomic mass is 32.1. The fourth-order valence-electron chi connectivity index (χ4n) is 2.27. The van der Waals surface area contributed by atoms with E-state index in [0.717, 1.165) is 32.7 Å².